The second-order valence-corrected chi connectivity index (χ2v) is 6.82. The van der Waals surface area contributed by atoms with Crippen LogP contribution in [0.4, 0.5) is 4.39 Å². The summed E-state index contributed by atoms with van der Waals surface area (Å²) >= 11 is 0. The van der Waals surface area contributed by atoms with E-state index in [1.165, 1.54) is 24.3 Å². The first-order chi connectivity index (χ1) is 9.33. The summed E-state index contributed by atoms with van der Waals surface area (Å²) in [6, 6.07) is 4.96. The van der Waals surface area contributed by atoms with Gasteiger partial charge in [0.15, 0.2) is 0 Å². The molecule has 1 saturated carbocycles. The molecule has 0 spiro atoms. The van der Waals surface area contributed by atoms with Crippen LogP contribution < -0.4 is 10.0 Å². The minimum Gasteiger partial charge on any atom is -0.353 e. The third-order valence-corrected chi connectivity index (χ3v) is 3.67. The minimum absolute atomic E-state index is 0.00476. The molecule has 1 aromatic carbocycles. The Morgan fingerprint density at radius 1 is 1.35 bits per heavy atom. The molecule has 1 aliphatic rings. The molecule has 5 nitrogen and oxygen atoms in total. The van der Waals surface area contributed by atoms with Gasteiger partial charge < -0.3 is 5.32 Å². The van der Waals surface area contributed by atoms with Crippen molar-refractivity contribution >= 4 is 15.9 Å². The lowest BCUT2D eigenvalue weighted by atomic mass is 10.0. The van der Waals surface area contributed by atoms with Gasteiger partial charge in [-0.2, -0.15) is 0 Å². The van der Waals surface area contributed by atoms with Gasteiger partial charge in [0.25, 0.3) is 0 Å². The fourth-order valence-electron chi connectivity index (χ4n) is 1.88. The van der Waals surface area contributed by atoms with Gasteiger partial charge >= 0.3 is 0 Å². The van der Waals surface area contributed by atoms with Crippen molar-refractivity contribution in [1.82, 2.24) is 10.0 Å². The molecule has 0 aromatic heterocycles. The lowest BCUT2D eigenvalue weighted by Crippen LogP contribution is -2.34. The van der Waals surface area contributed by atoms with Crippen molar-refractivity contribution in [2.75, 3.05) is 6.26 Å². The van der Waals surface area contributed by atoms with Crippen molar-refractivity contribution in [1.29, 1.82) is 0 Å². The normalized spacial score (nSPS) is 16.7. The van der Waals surface area contributed by atoms with E-state index < -0.39 is 21.9 Å². The number of carbonyl (C=O) groups excluding carboxylic acids is 1. The maximum absolute atomic E-state index is 12.9. The second kappa shape index (κ2) is 5.88. The first-order valence-corrected chi connectivity index (χ1v) is 8.25. The first-order valence-electron chi connectivity index (χ1n) is 6.35. The summed E-state index contributed by atoms with van der Waals surface area (Å²) in [6.07, 6.45) is 2.95. The Labute approximate surface area is 117 Å². The molecule has 1 amide bonds. The first kappa shape index (κ1) is 14.9. The van der Waals surface area contributed by atoms with E-state index in [-0.39, 0.29) is 18.4 Å². The topological polar surface area (TPSA) is 75.3 Å². The number of amides is 1. The van der Waals surface area contributed by atoms with Gasteiger partial charge in [-0.1, -0.05) is 12.1 Å². The minimum atomic E-state index is -3.46. The fraction of sp³-hybridized carbons (Fsp3) is 0.462. The zero-order chi connectivity index (χ0) is 14.8. The smallest absolute Gasteiger partial charge is 0.222 e. The van der Waals surface area contributed by atoms with Gasteiger partial charge in [-0.15, -0.1) is 0 Å². The highest BCUT2D eigenvalue weighted by Gasteiger charge is 2.26. The van der Waals surface area contributed by atoms with E-state index in [1.807, 2.05) is 0 Å². The predicted octanol–water partition coefficient (Wildman–Crippen LogP) is 1.08. The third-order valence-electron chi connectivity index (χ3n) is 2.96. The molecule has 0 heterocycles. The van der Waals surface area contributed by atoms with E-state index in [2.05, 4.69) is 10.0 Å². The Hall–Kier alpha value is -1.47. The fourth-order valence-corrected chi connectivity index (χ4v) is 2.62. The number of nitrogens with one attached hydrogen (secondary N) is 2. The number of hydrogen-bond acceptors (Lipinski definition) is 3. The summed E-state index contributed by atoms with van der Waals surface area (Å²) in [7, 11) is -3.46. The number of carbonyl (C=O) groups is 1. The summed E-state index contributed by atoms with van der Waals surface area (Å²) in [4.78, 5) is 11.8. The lowest BCUT2D eigenvalue weighted by Gasteiger charge is -2.17. The largest absolute Gasteiger partial charge is 0.353 e. The molecule has 0 bridgehead atoms. The Morgan fingerprint density at radius 2 is 1.95 bits per heavy atom. The van der Waals surface area contributed by atoms with Gasteiger partial charge in [0.1, 0.15) is 5.82 Å². The van der Waals surface area contributed by atoms with Crippen LogP contribution in [0.1, 0.15) is 30.9 Å². The number of rotatable bonds is 6. The number of halogens is 1. The van der Waals surface area contributed by atoms with Crippen molar-refractivity contribution in [3.05, 3.63) is 35.6 Å². The number of hydrogen-bond donors (Lipinski definition) is 2. The Balaban J connectivity index is 2.10. The lowest BCUT2D eigenvalue weighted by molar-refractivity contribution is -0.121. The molecule has 1 aromatic rings. The van der Waals surface area contributed by atoms with Gasteiger partial charge in [0, 0.05) is 12.5 Å². The summed E-state index contributed by atoms with van der Waals surface area (Å²) < 4.78 is 38.1. The van der Waals surface area contributed by atoms with Crippen molar-refractivity contribution in [2.45, 2.75) is 31.3 Å². The quantitative estimate of drug-likeness (QED) is 0.825. The molecule has 0 unspecified atom stereocenters. The summed E-state index contributed by atoms with van der Waals surface area (Å²) in [6.45, 7) is 0. The van der Waals surface area contributed by atoms with Crippen LogP contribution in [-0.4, -0.2) is 26.6 Å². The van der Waals surface area contributed by atoms with Crippen molar-refractivity contribution in [3.8, 4) is 0 Å². The molecular weight excluding hydrogens is 283 g/mol. The molecule has 1 aliphatic carbocycles. The summed E-state index contributed by atoms with van der Waals surface area (Å²) in [5.74, 6) is -0.618. The number of sulfonamides is 1. The summed E-state index contributed by atoms with van der Waals surface area (Å²) in [5.41, 5.74) is 0.558. The van der Waals surface area contributed by atoms with Crippen molar-refractivity contribution in [3.63, 3.8) is 0 Å². The molecule has 0 aliphatic heterocycles. The van der Waals surface area contributed by atoms with Crippen LogP contribution in [0, 0.1) is 5.82 Å². The van der Waals surface area contributed by atoms with Crippen molar-refractivity contribution < 1.29 is 17.6 Å². The second-order valence-electron chi connectivity index (χ2n) is 5.04. The Kier molecular flexibility index (Phi) is 4.39. The van der Waals surface area contributed by atoms with E-state index in [4.69, 9.17) is 0 Å². The molecule has 20 heavy (non-hydrogen) atoms. The average Bonchev–Trinajstić information content (AvgIpc) is 3.11. The standard InChI is InChI=1S/C13H17FN2O3S/c1-20(18,19)16-12(8-13(17)15-11-6-7-11)9-2-4-10(14)5-3-9/h2-5,11-12,16H,6-8H2,1H3,(H,15,17)/t12-/m0/s1. The van der Waals surface area contributed by atoms with E-state index in [9.17, 15) is 17.6 Å². The monoisotopic (exact) mass is 300 g/mol. The number of benzene rings is 1. The van der Waals surface area contributed by atoms with E-state index in [0.717, 1.165) is 19.1 Å². The molecule has 110 valence electrons. The maximum atomic E-state index is 12.9. The molecule has 0 radical (unpaired) electrons. The maximum Gasteiger partial charge on any atom is 0.222 e. The van der Waals surface area contributed by atoms with Crippen LogP contribution in [0.5, 0.6) is 0 Å². The molecule has 7 heteroatoms. The third kappa shape index (κ3) is 4.90. The molecule has 2 rings (SSSR count). The van der Waals surface area contributed by atoms with Crippen LogP contribution in [0.3, 0.4) is 0 Å². The summed E-state index contributed by atoms with van der Waals surface area (Å²) in [5, 5.41) is 2.80. The highest BCUT2D eigenvalue weighted by molar-refractivity contribution is 7.88. The van der Waals surface area contributed by atoms with Gasteiger partial charge in [-0.3, -0.25) is 4.79 Å². The molecule has 1 atom stereocenters. The van der Waals surface area contributed by atoms with E-state index in [1.54, 1.807) is 0 Å². The Morgan fingerprint density at radius 3 is 2.45 bits per heavy atom. The molecule has 0 saturated heterocycles. The van der Waals surface area contributed by atoms with E-state index >= 15 is 0 Å². The average molecular weight is 300 g/mol. The van der Waals surface area contributed by atoms with Crippen LogP contribution in [0.25, 0.3) is 0 Å². The van der Waals surface area contributed by atoms with Crippen LogP contribution >= 0.6 is 0 Å². The van der Waals surface area contributed by atoms with Crippen LogP contribution in [-0.2, 0) is 14.8 Å². The molecule has 1 fully saturated rings. The van der Waals surface area contributed by atoms with Crippen LogP contribution in [0.2, 0.25) is 0 Å². The van der Waals surface area contributed by atoms with E-state index in [0.29, 0.717) is 5.56 Å². The van der Waals surface area contributed by atoms with Gasteiger partial charge in [0.2, 0.25) is 15.9 Å². The highest BCUT2D eigenvalue weighted by atomic mass is 32.2. The SMILES string of the molecule is CS(=O)(=O)N[C@@H](CC(=O)NC1CC1)c1ccc(F)cc1. The Bertz CT molecular complexity index is 582. The molecular formula is C13H17FN2O3S. The van der Waals surface area contributed by atoms with Gasteiger partial charge in [0.05, 0.1) is 12.3 Å². The van der Waals surface area contributed by atoms with Gasteiger partial charge in [-0.05, 0) is 30.5 Å². The predicted molar refractivity (Wildman–Crippen MR) is 72.9 cm³/mol. The zero-order valence-electron chi connectivity index (χ0n) is 11.1. The molecule has 2 N–H and O–H groups in total. The zero-order valence-corrected chi connectivity index (χ0v) is 11.9. The van der Waals surface area contributed by atoms with Gasteiger partial charge in [-0.25, -0.2) is 17.5 Å². The van der Waals surface area contributed by atoms with Crippen LogP contribution in [0.15, 0.2) is 24.3 Å². The highest BCUT2D eigenvalue weighted by Crippen LogP contribution is 2.22. The van der Waals surface area contributed by atoms with Crippen molar-refractivity contribution in [2.24, 2.45) is 0 Å².